The minimum atomic E-state index is -3.56. The van der Waals surface area contributed by atoms with Crippen LogP contribution in [0.5, 0.6) is 5.88 Å². The highest BCUT2D eigenvalue weighted by atomic mass is 32.2. The van der Waals surface area contributed by atoms with E-state index in [4.69, 9.17) is 14.8 Å². The van der Waals surface area contributed by atoms with Gasteiger partial charge in [0.1, 0.15) is 11.4 Å². The molecular weight excluding hydrogens is 554 g/mol. The molecule has 0 spiro atoms. The topological polar surface area (TPSA) is 123 Å². The van der Waals surface area contributed by atoms with E-state index in [0.717, 1.165) is 63.7 Å². The Bertz CT molecular complexity index is 1600. The maximum atomic E-state index is 13.3. The molecule has 2 saturated heterocycles. The largest absolute Gasteiger partial charge is 0.473 e. The molecule has 0 radical (unpaired) electrons. The molecule has 1 N–H and O–H groups in total. The summed E-state index contributed by atoms with van der Waals surface area (Å²) in [4.78, 5) is 33.2. The number of fused-ring (bicyclic) bond motifs is 2. The third kappa shape index (κ3) is 5.81. The van der Waals surface area contributed by atoms with Crippen LogP contribution in [0.1, 0.15) is 72.8 Å². The molecule has 10 nitrogen and oxygen atoms in total. The first-order chi connectivity index (χ1) is 20.1. The molecule has 3 aromatic rings. The van der Waals surface area contributed by atoms with E-state index in [1.54, 1.807) is 6.07 Å². The van der Waals surface area contributed by atoms with Gasteiger partial charge in [0.25, 0.3) is 5.91 Å². The summed E-state index contributed by atoms with van der Waals surface area (Å²) in [5, 5.41) is 8.97. The van der Waals surface area contributed by atoms with Crippen LogP contribution in [0.2, 0.25) is 0 Å². The molecule has 1 saturated carbocycles. The van der Waals surface area contributed by atoms with Crippen molar-refractivity contribution in [3.63, 3.8) is 0 Å². The van der Waals surface area contributed by atoms with Gasteiger partial charge < -0.3 is 15.0 Å². The summed E-state index contributed by atoms with van der Waals surface area (Å²) in [5.74, 6) is 0.298. The van der Waals surface area contributed by atoms with Crippen molar-refractivity contribution in [2.24, 2.45) is 11.8 Å². The van der Waals surface area contributed by atoms with Crippen LogP contribution in [0.4, 0.5) is 0 Å². The van der Waals surface area contributed by atoms with Gasteiger partial charge in [-0.3, -0.25) is 9.59 Å². The lowest BCUT2D eigenvalue weighted by Crippen LogP contribution is -2.31. The van der Waals surface area contributed by atoms with Crippen LogP contribution < -0.4 is 10.1 Å². The molecule has 2 unspecified atom stereocenters. The Kier molecular flexibility index (Phi) is 7.82. The van der Waals surface area contributed by atoms with Crippen molar-refractivity contribution in [1.82, 2.24) is 25.0 Å². The Morgan fingerprint density at radius 3 is 2.33 bits per heavy atom. The number of carbonyl (C=O) groups is 2. The summed E-state index contributed by atoms with van der Waals surface area (Å²) in [6.07, 6.45) is 6.13. The number of nitrogens with zero attached hydrogens (tertiary/aromatic N) is 4. The zero-order valence-electron chi connectivity index (χ0n) is 24.5. The van der Waals surface area contributed by atoms with Crippen molar-refractivity contribution in [2.45, 2.75) is 58.1 Å². The van der Waals surface area contributed by atoms with Crippen LogP contribution in [0.3, 0.4) is 0 Å². The zero-order valence-corrected chi connectivity index (χ0v) is 25.3. The lowest BCUT2D eigenvalue weighted by molar-refractivity contribution is 0.0781. The van der Waals surface area contributed by atoms with E-state index >= 15 is 0 Å². The van der Waals surface area contributed by atoms with Crippen molar-refractivity contribution in [2.75, 3.05) is 38.2 Å². The molecule has 11 heteroatoms. The summed E-state index contributed by atoms with van der Waals surface area (Å²) in [6.45, 7) is 7.33. The summed E-state index contributed by atoms with van der Waals surface area (Å²) in [6, 6.07) is 9.15. The van der Waals surface area contributed by atoms with Gasteiger partial charge in [0.05, 0.1) is 17.5 Å². The van der Waals surface area contributed by atoms with E-state index in [0.29, 0.717) is 39.9 Å². The number of aromatic nitrogens is 3. The van der Waals surface area contributed by atoms with Gasteiger partial charge in [0, 0.05) is 43.6 Å². The van der Waals surface area contributed by atoms with Gasteiger partial charge in [-0.15, -0.1) is 5.10 Å². The number of hydrogen-bond acceptors (Lipinski definition) is 8. The number of rotatable bonds is 8. The molecule has 6 rings (SSSR count). The molecule has 1 amide bonds. The highest BCUT2D eigenvalue weighted by molar-refractivity contribution is 7.91. The zero-order chi connectivity index (χ0) is 29.6. The molecule has 4 heterocycles. The van der Waals surface area contributed by atoms with Crippen molar-refractivity contribution < 1.29 is 22.7 Å². The smallest absolute Gasteiger partial charge is 0.253 e. The second-order valence-electron chi connectivity index (χ2n) is 12.4. The molecule has 224 valence electrons. The molecule has 3 aliphatic rings. The second-order valence-corrected chi connectivity index (χ2v) is 14.6. The van der Waals surface area contributed by atoms with Gasteiger partial charge in [-0.05, 0) is 62.3 Å². The SMILES string of the molecule is CC(C)Oc1nn(C2CCCCC2)c2nc(C(=O)CS(C)(=O)=O)cc(-c3ccc(C(=O)N4CC5CNCC5C4)cc3)c12. The van der Waals surface area contributed by atoms with Gasteiger partial charge in [-0.1, -0.05) is 31.4 Å². The highest BCUT2D eigenvalue weighted by Crippen LogP contribution is 2.39. The first-order valence-electron chi connectivity index (χ1n) is 15.0. The van der Waals surface area contributed by atoms with Gasteiger partial charge in [0.15, 0.2) is 21.3 Å². The Hall–Kier alpha value is -3.31. The van der Waals surface area contributed by atoms with Crippen LogP contribution >= 0.6 is 0 Å². The molecule has 2 atom stereocenters. The molecule has 2 aliphatic heterocycles. The minimum Gasteiger partial charge on any atom is -0.473 e. The van der Waals surface area contributed by atoms with E-state index in [1.165, 1.54) is 6.42 Å². The van der Waals surface area contributed by atoms with Crippen LogP contribution in [-0.4, -0.2) is 84.1 Å². The number of sulfone groups is 1. The summed E-state index contributed by atoms with van der Waals surface area (Å²) in [7, 11) is -3.56. The molecule has 1 aromatic carbocycles. The van der Waals surface area contributed by atoms with Crippen LogP contribution in [0.25, 0.3) is 22.2 Å². The predicted molar refractivity (Wildman–Crippen MR) is 161 cm³/mol. The van der Waals surface area contributed by atoms with Crippen molar-refractivity contribution in [3.05, 3.63) is 41.6 Å². The first kappa shape index (κ1) is 28.8. The molecule has 42 heavy (non-hydrogen) atoms. The fraction of sp³-hybridized carbons (Fsp3) is 0.548. The fourth-order valence-electron chi connectivity index (χ4n) is 6.67. The Morgan fingerprint density at radius 1 is 1.05 bits per heavy atom. The van der Waals surface area contributed by atoms with E-state index in [9.17, 15) is 18.0 Å². The van der Waals surface area contributed by atoms with Crippen molar-refractivity contribution >= 4 is 32.6 Å². The van der Waals surface area contributed by atoms with Gasteiger partial charge in [-0.25, -0.2) is 18.1 Å². The standard InChI is InChI=1S/C31H39N5O5S/c1-19(2)41-30-28-25(20-9-11-21(12-10-20)31(38)35-16-22-14-32-15-23(22)17-35)13-26(27(37)18-42(3,39)40)33-29(28)36(34-30)24-7-5-4-6-8-24/h9-13,19,22-24,32H,4-8,14-18H2,1-3H3. The maximum Gasteiger partial charge on any atom is 0.253 e. The number of benzene rings is 1. The predicted octanol–water partition coefficient (Wildman–Crippen LogP) is 3.91. The third-order valence-corrected chi connectivity index (χ3v) is 9.48. The monoisotopic (exact) mass is 593 g/mol. The van der Waals surface area contributed by atoms with E-state index in [-0.39, 0.29) is 23.7 Å². The number of hydrogen-bond donors (Lipinski definition) is 1. The van der Waals surface area contributed by atoms with Gasteiger partial charge in [-0.2, -0.15) is 0 Å². The highest BCUT2D eigenvalue weighted by Gasteiger charge is 2.38. The van der Waals surface area contributed by atoms with Crippen LogP contribution in [0, 0.1) is 11.8 Å². The summed E-state index contributed by atoms with van der Waals surface area (Å²) in [5.41, 5.74) is 2.65. The van der Waals surface area contributed by atoms with E-state index < -0.39 is 21.4 Å². The van der Waals surface area contributed by atoms with E-state index in [1.807, 2.05) is 47.7 Å². The number of amides is 1. The Morgan fingerprint density at radius 2 is 1.71 bits per heavy atom. The molecule has 1 aliphatic carbocycles. The average molecular weight is 594 g/mol. The maximum absolute atomic E-state index is 13.3. The van der Waals surface area contributed by atoms with Crippen LogP contribution in [-0.2, 0) is 9.84 Å². The molecular formula is C31H39N5O5S. The summed E-state index contributed by atoms with van der Waals surface area (Å²) >= 11 is 0. The number of ketones is 1. The Labute approximate surface area is 246 Å². The number of Topliss-reactive ketones (excluding diaryl/α,β-unsaturated/α-hetero) is 1. The first-order valence-corrected chi connectivity index (χ1v) is 17.0. The number of likely N-dealkylation sites (tertiary alicyclic amines) is 1. The Balaban J connectivity index is 1.43. The second kappa shape index (κ2) is 11.4. The summed E-state index contributed by atoms with van der Waals surface area (Å²) < 4.78 is 32.1. The number of ether oxygens (including phenoxy) is 1. The third-order valence-electron chi connectivity index (χ3n) is 8.70. The van der Waals surface area contributed by atoms with Gasteiger partial charge >= 0.3 is 0 Å². The lowest BCUT2D eigenvalue weighted by atomic mass is 9.95. The quantitative estimate of drug-likeness (QED) is 0.390. The lowest BCUT2D eigenvalue weighted by Gasteiger charge is -2.22. The van der Waals surface area contributed by atoms with Gasteiger partial charge in [0.2, 0.25) is 5.88 Å². The number of nitrogens with one attached hydrogen (secondary N) is 1. The fourth-order valence-corrected chi connectivity index (χ4v) is 7.29. The van der Waals surface area contributed by atoms with Crippen LogP contribution in [0.15, 0.2) is 30.3 Å². The van der Waals surface area contributed by atoms with E-state index in [2.05, 4.69) is 5.32 Å². The normalized spacial score (nSPS) is 21.3. The number of carbonyl (C=O) groups excluding carboxylic acids is 2. The molecule has 3 fully saturated rings. The van der Waals surface area contributed by atoms with Crippen molar-refractivity contribution in [3.8, 4) is 17.0 Å². The molecule has 0 bridgehead atoms. The van der Waals surface area contributed by atoms with Crippen molar-refractivity contribution in [1.29, 1.82) is 0 Å². The number of pyridine rings is 1. The molecule has 2 aromatic heterocycles. The average Bonchev–Trinajstić information content (AvgIpc) is 3.66. The minimum absolute atomic E-state index is 0.0220.